The van der Waals surface area contributed by atoms with Gasteiger partial charge in [0.1, 0.15) is 11.3 Å². The van der Waals surface area contributed by atoms with E-state index in [0.717, 1.165) is 53.0 Å². The van der Waals surface area contributed by atoms with E-state index in [1.54, 1.807) is 6.20 Å². The van der Waals surface area contributed by atoms with Crippen LogP contribution in [0.25, 0.3) is 5.65 Å². The Labute approximate surface area is 178 Å². The van der Waals surface area contributed by atoms with E-state index in [0.29, 0.717) is 11.3 Å². The van der Waals surface area contributed by atoms with Crippen LogP contribution < -0.4 is 5.32 Å². The van der Waals surface area contributed by atoms with E-state index < -0.39 is 0 Å². The van der Waals surface area contributed by atoms with Gasteiger partial charge in [0.05, 0.1) is 30.2 Å². The number of pyridine rings is 1. The molecule has 1 aliphatic heterocycles. The van der Waals surface area contributed by atoms with Gasteiger partial charge in [-0.25, -0.2) is 4.98 Å². The fraction of sp³-hybridized carbons (Fsp3) is 0.318. The van der Waals surface area contributed by atoms with E-state index in [4.69, 9.17) is 5.41 Å². The van der Waals surface area contributed by atoms with E-state index in [9.17, 15) is 4.79 Å². The Morgan fingerprint density at radius 2 is 1.90 bits per heavy atom. The molecule has 1 fully saturated rings. The van der Waals surface area contributed by atoms with Gasteiger partial charge in [-0.3, -0.25) is 14.6 Å². The Kier molecular flexibility index (Phi) is 5.78. The molecular formula is C22H25BrN5O+. The summed E-state index contributed by atoms with van der Waals surface area (Å²) in [4.78, 5) is 19.4. The third kappa shape index (κ3) is 3.97. The zero-order valence-corrected chi connectivity index (χ0v) is 18.1. The lowest BCUT2D eigenvalue weighted by Crippen LogP contribution is -2.73. The van der Waals surface area contributed by atoms with Crippen LogP contribution in [-0.2, 0) is 0 Å². The molecule has 150 valence electrons. The van der Waals surface area contributed by atoms with E-state index in [-0.39, 0.29) is 5.91 Å². The van der Waals surface area contributed by atoms with Gasteiger partial charge in [0.2, 0.25) is 0 Å². The van der Waals surface area contributed by atoms with Crippen molar-refractivity contribution in [2.24, 2.45) is 0 Å². The highest BCUT2D eigenvalue weighted by Crippen LogP contribution is 2.22. The fourth-order valence-electron chi connectivity index (χ4n) is 3.90. The Bertz CT molecular complexity index is 1070. The third-order valence-electron chi connectivity index (χ3n) is 5.50. The third-order valence-corrected chi connectivity index (χ3v) is 5.97. The molecule has 0 atom stereocenters. The molecule has 0 spiro atoms. The van der Waals surface area contributed by atoms with Crippen molar-refractivity contribution < 1.29 is 10.1 Å². The Morgan fingerprint density at radius 1 is 1.14 bits per heavy atom. The van der Waals surface area contributed by atoms with Crippen molar-refractivity contribution in [1.29, 1.82) is 5.41 Å². The number of quaternary nitrogens is 1. The zero-order chi connectivity index (χ0) is 20.4. The lowest BCUT2D eigenvalue weighted by Gasteiger charge is -2.20. The standard InChI is InChI=1S/C22H24BrN5O/c1-25-18-12-15(22(29)27-10-4-2-3-5-11-27)6-8-17(18)21(24)19-13-26-20-9-7-16(23)14-28(19)20/h6-9,12-14,24-25H,2-5,10-11H2,1H3/p+1. The van der Waals surface area contributed by atoms with Gasteiger partial charge >= 0.3 is 0 Å². The summed E-state index contributed by atoms with van der Waals surface area (Å²) >= 11 is 3.49. The molecule has 0 unspecified atom stereocenters. The predicted octanol–water partition coefficient (Wildman–Crippen LogP) is 3.35. The molecule has 4 rings (SSSR count). The number of hydrogen-bond donors (Lipinski definition) is 2. The monoisotopic (exact) mass is 454 g/mol. The maximum Gasteiger partial charge on any atom is 0.254 e. The number of amides is 1. The largest absolute Gasteiger partial charge is 0.339 e. The highest BCUT2D eigenvalue weighted by atomic mass is 79.9. The van der Waals surface area contributed by atoms with Crippen molar-refractivity contribution >= 4 is 38.9 Å². The summed E-state index contributed by atoms with van der Waals surface area (Å²) in [5.41, 5.74) is 4.27. The number of carbonyl (C=O) groups excluding carboxylic acids is 1. The van der Waals surface area contributed by atoms with Crippen LogP contribution in [0.15, 0.2) is 47.2 Å². The number of fused-ring (bicyclic) bond motifs is 1. The van der Waals surface area contributed by atoms with E-state index in [1.807, 2.05) is 58.2 Å². The minimum absolute atomic E-state index is 0.0896. The fourth-order valence-corrected chi connectivity index (χ4v) is 4.23. The molecule has 0 aliphatic carbocycles. The second-order valence-electron chi connectivity index (χ2n) is 7.39. The van der Waals surface area contributed by atoms with Crippen LogP contribution in [0.1, 0.15) is 47.3 Å². The molecule has 0 bridgehead atoms. The van der Waals surface area contributed by atoms with E-state index in [1.165, 1.54) is 12.8 Å². The molecule has 3 aromatic rings. The number of imidazole rings is 1. The number of nitrogens with two attached hydrogens (primary N) is 1. The van der Waals surface area contributed by atoms with E-state index in [2.05, 4.69) is 20.9 Å². The molecule has 1 amide bonds. The van der Waals surface area contributed by atoms with Gasteiger partial charge in [0.15, 0.2) is 0 Å². The summed E-state index contributed by atoms with van der Waals surface area (Å²) in [7, 11) is 1.94. The molecule has 0 radical (unpaired) electrons. The van der Waals surface area contributed by atoms with Gasteiger partial charge < -0.3 is 10.2 Å². The predicted molar refractivity (Wildman–Crippen MR) is 117 cm³/mol. The highest BCUT2D eigenvalue weighted by molar-refractivity contribution is 9.10. The minimum atomic E-state index is 0.0896. The Hall–Kier alpha value is -2.51. The summed E-state index contributed by atoms with van der Waals surface area (Å²) in [6.07, 6.45) is 8.18. The van der Waals surface area contributed by atoms with Crippen molar-refractivity contribution in [3.05, 3.63) is 64.0 Å². The van der Waals surface area contributed by atoms with Crippen LogP contribution in [0.2, 0.25) is 0 Å². The average molecular weight is 455 g/mol. The molecular weight excluding hydrogens is 430 g/mol. The molecule has 1 aliphatic rings. The zero-order valence-electron chi connectivity index (χ0n) is 16.5. The van der Waals surface area contributed by atoms with Gasteiger partial charge in [-0.05, 0) is 53.0 Å². The number of rotatable bonds is 4. The molecule has 0 saturated carbocycles. The maximum absolute atomic E-state index is 13.0. The van der Waals surface area contributed by atoms with Gasteiger partial charge in [0.25, 0.3) is 5.91 Å². The van der Waals surface area contributed by atoms with Crippen LogP contribution in [0, 0.1) is 5.41 Å². The average Bonchev–Trinajstić information content (AvgIpc) is 2.96. The van der Waals surface area contributed by atoms with Gasteiger partial charge in [0, 0.05) is 35.4 Å². The Morgan fingerprint density at radius 3 is 2.62 bits per heavy atom. The molecule has 3 N–H and O–H groups in total. The first-order valence-electron chi connectivity index (χ1n) is 10.0. The van der Waals surface area contributed by atoms with Gasteiger partial charge in [-0.15, -0.1) is 0 Å². The number of hydrogen-bond acceptors (Lipinski definition) is 3. The lowest BCUT2D eigenvalue weighted by atomic mass is 10.0. The molecule has 7 heteroatoms. The van der Waals surface area contributed by atoms with Crippen LogP contribution >= 0.6 is 15.9 Å². The van der Waals surface area contributed by atoms with Gasteiger partial charge in [-0.2, -0.15) is 0 Å². The number of benzene rings is 1. The van der Waals surface area contributed by atoms with Crippen LogP contribution in [0.4, 0.5) is 5.69 Å². The maximum atomic E-state index is 13.0. The Balaban J connectivity index is 1.66. The van der Waals surface area contributed by atoms with Crippen molar-refractivity contribution in [3.63, 3.8) is 0 Å². The second-order valence-corrected chi connectivity index (χ2v) is 8.31. The number of likely N-dealkylation sites (tertiary alicyclic amines) is 1. The molecule has 29 heavy (non-hydrogen) atoms. The molecule has 3 heterocycles. The summed E-state index contributed by atoms with van der Waals surface area (Å²) in [6.45, 7) is 1.66. The molecule has 2 aromatic heterocycles. The first-order chi connectivity index (χ1) is 14.1. The quantitative estimate of drug-likeness (QED) is 0.468. The first-order valence-corrected chi connectivity index (χ1v) is 10.8. The summed E-state index contributed by atoms with van der Waals surface area (Å²) < 4.78 is 2.83. The lowest BCUT2D eigenvalue weighted by molar-refractivity contribution is -0.539. The van der Waals surface area contributed by atoms with Crippen molar-refractivity contribution in [2.45, 2.75) is 25.7 Å². The molecule has 1 saturated heterocycles. The molecule has 1 aromatic carbocycles. The number of carbonyl (C=O) groups is 1. The normalized spacial score (nSPS) is 14.8. The number of halogens is 1. The van der Waals surface area contributed by atoms with Crippen LogP contribution in [-0.4, -0.2) is 46.0 Å². The van der Waals surface area contributed by atoms with E-state index >= 15 is 0 Å². The number of nitrogens with one attached hydrogen (secondary N) is 1. The molecule has 6 nitrogen and oxygen atoms in total. The van der Waals surface area contributed by atoms with Gasteiger partial charge in [-0.1, -0.05) is 12.8 Å². The summed E-state index contributed by atoms with van der Waals surface area (Å²) in [5.74, 6) is 0.0896. The second kappa shape index (κ2) is 8.47. The van der Waals surface area contributed by atoms with Crippen molar-refractivity contribution in [3.8, 4) is 0 Å². The summed E-state index contributed by atoms with van der Waals surface area (Å²) in [6, 6.07) is 9.50. The number of nitrogens with zero attached hydrogens (tertiary/aromatic N) is 3. The first kappa shape index (κ1) is 19.8. The van der Waals surface area contributed by atoms with Crippen LogP contribution in [0.5, 0.6) is 0 Å². The SMILES string of the molecule is C[NH2+]c1cc(C(=O)N2CCCCCC2)ccc1C(=N)c1cnc2ccc(Br)cn12. The van der Waals surface area contributed by atoms with Crippen molar-refractivity contribution in [2.75, 3.05) is 20.1 Å². The smallest absolute Gasteiger partial charge is 0.254 e. The highest BCUT2D eigenvalue weighted by Gasteiger charge is 2.21. The minimum Gasteiger partial charge on any atom is -0.339 e. The number of aromatic nitrogens is 2. The van der Waals surface area contributed by atoms with Crippen molar-refractivity contribution in [1.82, 2.24) is 14.3 Å². The summed E-state index contributed by atoms with van der Waals surface area (Å²) in [5, 5.41) is 10.8. The topological polar surface area (TPSA) is 78.1 Å². The van der Waals surface area contributed by atoms with Crippen LogP contribution in [0.3, 0.4) is 0 Å².